The Morgan fingerprint density at radius 3 is 2.23 bits per heavy atom. The SMILES string of the molecule is CCC(Oc1ccc(C)c(C)c1)C(=O)NC(CC)c1ccc(C)cc1C. The molecule has 0 fully saturated rings. The summed E-state index contributed by atoms with van der Waals surface area (Å²) >= 11 is 0. The molecular weight excluding hydrogens is 322 g/mol. The number of rotatable bonds is 7. The molecule has 26 heavy (non-hydrogen) atoms. The van der Waals surface area contributed by atoms with Gasteiger partial charge in [-0.3, -0.25) is 4.79 Å². The molecule has 0 aliphatic rings. The van der Waals surface area contributed by atoms with Gasteiger partial charge in [-0.15, -0.1) is 0 Å². The molecule has 2 rings (SSSR count). The number of benzene rings is 2. The maximum absolute atomic E-state index is 12.8. The summed E-state index contributed by atoms with van der Waals surface area (Å²) in [6, 6.07) is 12.3. The van der Waals surface area contributed by atoms with E-state index in [9.17, 15) is 4.79 Å². The molecule has 3 nitrogen and oxygen atoms in total. The molecule has 2 aromatic rings. The monoisotopic (exact) mass is 353 g/mol. The molecule has 0 saturated heterocycles. The number of ether oxygens (including phenoxy) is 1. The Morgan fingerprint density at radius 1 is 0.923 bits per heavy atom. The third-order valence-electron chi connectivity index (χ3n) is 4.95. The number of hydrogen-bond donors (Lipinski definition) is 1. The first-order chi connectivity index (χ1) is 12.3. The van der Waals surface area contributed by atoms with Gasteiger partial charge in [-0.2, -0.15) is 0 Å². The van der Waals surface area contributed by atoms with E-state index in [1.165, 1.54) is 27.8 Å². The summed E-state index contributed by atoms with van der Waals surface area (Å²) in [4.78, 5) is 12.8. The zero-order valence-corrected chi connectivity index (χ0v) is 16.8. The Hall–Kier alpha value is -2.29. The summed E-state index contributed by atoms with van der Waals surface area (Å²) in [7, 11) is 0. The molecule has 2 aromatic carbocycles. The van der Waals surface area contributed by atoms with Gasteiger partial charge in [0.1, 0.15) is 5.75 Å². The summed E-state index contributed by atoms with van der Waals surface area (Å²) in [5.41, 5.74) is 6.00. The molecule has 0 aromatic heterocycles. The van der Waals surface area contributed by atoms with Gasteiger partial charge in [0.2, 0.25) is 0 Å². The molecule has 3 heteroatoms. The Bertz CT molecular complexity index is 767. The lowest BCUT2D eigenvalue weighted by molar-refractivity contribution is -0.128. The van der Waals surface area contributed by atoms with Crippen LogP contribution in [0.1, 0.15) is 60.5 Å². The van der Waals surface area contributed by atoms with Crippen molar-refractivity contribution < 1.29 is 9.53 Å². The van der Waals surface area contributed by atoms with Gasteiger partial charge in [0.15, 0.2) is 6.10 Å². The fourth-order valence-electron chi connectivity index (χ4n) is 3.15. The van der Waals surface area contributed by atoms with Crippen molar-refractivity contribution in [1.82, 2.24) is 5.32 Å². The van der Waals surface area contributed by atoms with E-state index in [1.54, 1.807) is 0 Å². The van der Waals surface area contributed by atoms with Gasteiger partial charge in [0.25, 0.3) is 5.91 Å². The second-order valence-corrected chi connectivity index (χ2v) is 7.09. The van der Waals surface area contributed by atoms with Crippen molar-refractivity contribution in [3.8, 4) is 5.75 Å². The average molecular weight is 354 g/mol. The van der Waals surface area contributed by atoms with E-state index in [2.05, 4.69) is 58.1 Å². The molecule has 2 unspecified atom stereocenters. The summed E-state index contributed by atoms with van der Waals surface area (Å²) in [5.74, 6) is 0.687. The maximum atomic E-state index is 12.8. The molecule has 1 N–H and O–H groups in total. The molecule has 0 spiro atoms. The molecule has 0 radical (unpaired) electrons. The number of amides is 1. The largest absolute Gasteiger partial charge is 0.481 e. The van der Waals surface area contributed by atoms with E-state index < -0.39 is 6.10 Å². The van der Waals surface area contributed by atoms with Crippen LogP contribution < -0.4 is 10.1 Å². The van der Waals surface area contributed by atoms with E-state index in [4.69, 9.17) is 4.74 Å². The lowest BCUT2D eigenvalue weighted by Crippen LogP contribution is -2.40. The van der Waals surface area contributed by atoms with Crippen LogP contribution in [0, 0.1) is 27.7 Å². The summed E-state index contributed by atoms with van der Waals surface area (Å²) in [6.07, 6.45) is 0.981. The smallest absolute Gasteiger partial charge is 0.261 e. The van der Waals surface area contributed by atoms with Crippen molar-refractivity contribution in [2.24, 2.45) is 0 Å². The third-order valence-corrected chi connectivity index (χ3v) is 4.95. The highest BCUT2D eigenvalue weighted by Gasteiger charge is 2.22. The first-order valence-electron chi connectivity index (χ1n) is 9.47. The van der Waals surface area contributed by atoms with Crippen molar-refractivity contribution >= 4 is 5.91 Å². The van der Waals surface area contributed by atoms with E-state index in [-0.39, 0.29) is 11.9 Å². The highest BCUT2D eigenvalue weighted by Crippen LogP contribution is 2.23. The van der Waals surface area contributed by atoms with Crippen LogP contribution in [0.3, 0.4) is 0 Å². The van der Waals surface area contributed by atoms with Crippen LogP contribution in [0.2, 0.25) is 0 Å². The molecule has 2 atom stereocenters. The lowest BCUT2D eigenvalue weighted by atomic mass is 9.97. The topological polar surface area (TPSA) is 38.3 Å². The Morgan fingerprint density at radius 2 is 1.65 bits per heavy atom. The highest BCUT2D eigenvalue weighted by molar-refractivity contribution is 5.81. The van der Waals surface area contributed by atoms with Gasteiger partial charge in [0.05, 0.1) is 6.04 Å². The summed E-state index contributed by atoms with van der Waals surface area (Å²) in [5, 5.41) is 3.18. The first-order valence-corrected chi connectivity index (χ1v) is 9.47. The van der Waals surface area contributed by atoms with Crippen LogP contribution >= 0.6 is 0 Å². The zero-order valence-electron chi connectivity index (χ0n) is 16.8. The molecule has 0 saturated carbocycles. The molecule has 1 amide bonds. The fourth-order valence-corrected chi connectivity index (χ4v) is 3.15. The standard InChI is InChI=1S/C23H31NO2/c1-7-21(20-12-9-15(3)13-18(20)6)24-23(25)22(8-2)26-19-11-10-16(4)17(5)14-19/h9-14,21-22H,7-8H2,1-6H3,(H,24,25). The van der Waals surface area contributed by atoms with Gasteiger partial charge < -0.3 is 10.1 Å². The van der Waals surface area contributed by atoms with E-state index in [0.29, 0.717) is 6.42 Å². The van der Waals surface area contributed by atoms with Gasteiger partial charge in [-0.1, -0.05) is 43.7 Å². The predicted molar refractivity (Wildman–Crippen MR) is 108 cm³/mol. The van der Waals surface area contributed by atoms with Gasteiger partial charge >= 0.3 is 0 Å². The van der Waals surface area contributed by atoms with Crippen molar-refractivity contribution in [3.05, 3.63) is 64.2 Å². The molecule has 0 aliphatic heterocycles. The minimum Gasteiger partial charge on any atom is -0.481 e. The summed E-state index contributed by atoms with van der Waals surface area (Å²) < 4.78 is 5.98. The molecule has 0 bridgehead atoms. The average Bonchev–Trinajstić information content (AvgIpc) is 2.60. The number of hydrogen-bond acceptors (Lipinski definition) is 2. The van der Waals surface area contributed by atoms with Crippen molar-refractivity contribution in [3.63, 3.8) is 0 Å². The fraction of sp³-hybridized carbons (Fsp3) is 0.435. The van der Waals surface area contributed by atoms with Crippen LogP contribution in [0.4, 0.5) is 0 Å². The first kappa shape index (κ1) is 20.0. The number of aryl methyl sites for hydroxylation is 4. The molecular formula is C23H31NO2. The number of nitrogens with one attached hydrogen (secondary N) is 1. The second-order valence-electron chi connectivity index (χ2n) is 7.09. The summed E-state index contributed by atoms with van der Waals surface area (Å²) in [6.45, 7) is 12.4. The quantitative estimate of drug-likeness (QED) is 0.729. The predicted octanol–water partition coefficient (Wildman–Crippen LogP) is 5.35. The molecule has 0 heterocycles. The van der Waals surface area contributed by atoms with Crippen LogP contribution in [-0.2, 0) is 4.79 Å². The van der Waals surface area contributed by atoms with Crippen molar-refractivity contribution in [2.45, 2.75) is 66.5 Å². The van der Waals surface area contributed by atoms with Gasteiger partial charge in [-0.05, 0) is 74.9 Å². The van der Waals surface area contributed by atoms with Crippen LogP contribution in [0.15, 0.2) is 36.4 Å². The molecule has 0 aliphatic carbocycles. The lowest BCUT2D eigenvalue weighted by Gasteiger charge is -2.24. The highest BCUT2D eigenvalue weighted by atomic mass is 16.5. The van der Waals surface area contributed by atoms with E-state index in [1.807, 2.05) is 25.1 Å². The minimum atomic E-state index is -0.489. The number of carbonyl (C=O) groups excluding carboxylic acids is 1. The number of carbonyl (C=O) groups is 1. The third kappa shape index (κ3) is 4.87. The van der Waals surface area contributed by atoms with Gasteiger partial charge in [0, 0.05) is 0 Å². The Kier molecular flexibility index (Phi) is 6.84. The Balaban J connectivity index is 2.12. The molecule has 140 valence electrons. The van der Waals surface area contributed by atoms with Crippen LogP contribution in [-0.4, -0.2) is 12.0 Å². The normalized spacial score (nSPS) is 13.2. The van der Waals surface area contributed by atoms with Crippen molar-refractivity contribution in [1.29, 1.82) is 0 Å². The van der Waals surface area contributed by atoms with Crippen molar-refractivity contribution in [2.75, 3.05) is 0 Å². The van der Waals surface area contributed by atoms with E-state index >= 15 is 0 Å². The van der Waals surface area contributed by atoms with Gasteiger partial charge in [-0.25, -0.2) is 0 Å². The maximum Gasteiger partial charge on any atom is 0.261 e. The van der Waals surface area contributed by atoms with Crippen LogP contribution in [0.25, 0.3) is 0 Å². The minimum absolute atomic E-state index is 0.000467. The van der Waals surface area contributed by atoms with E-state index in [0.717, 1.165) is 12.2 Å². The van der Waals surface area contributed by atoms with Crippen LogP contribution in [0.5, 0.6) is 5.75 Å². The zero-order chi connectivity index (χ0) is 19.3. The Labute approximate surface area is 157 Å². The second kappa shape index (κ2) is 8.88.